The van der Waals surface area contributed by atoms with Crippen LogP contribution in [0.5, 0.6) is 0 Å². The number of rotatable bonds is 5. The molecule has 1 amide bonds. The fourth-order valence-electron chi connectivity index (χ4n) is 2.26. The lowest BCUT2D eigenvalue weighted by Crippen LogP contribution is -2.41. The number of para-hydroxylation sites is 1. The number of alkyl halides is 3. The maximum Gasteiger partial charge on any atom is 0.416 e. The summed E-state index contributed by atoms with van der Waals surface area (Å²) < 4.78 is 63.5. The van der Waals surface area contributed by atoms with Gasteiger partial charge in [-0.05, 0) is 30.3 Å². The van der Waals surface area contributed by atoms with Crippen LogP contribution in [0.25, 0.3) is 0 Å². The number of benzene rings is 2. The number of likely N-dealkylation sites (N-methyl/N-ethyl adjacent to an activating group) is 1. The van der Waals surface area contributed by atoms with E-state index in [9.17, 15) is 26.4 Å². The number of amides is 1. The van der Waals surface area contributed by atoms with Gasteiger partial charge in [-0.3, -0.25) is 9.10 Å². The molecular formula is C17H17F3N2O3S. The second-order valence-electron chi connectivity index (χ2n) is 5.61. The molecule has 0 N–H and O–H groups in total. The SMILES string of the molecule is CN(C(=O)CN(c1cccc(C(F)(F)F)c1)S(C)(=O)=O)c1ccccc1. The van der Waals surface area contributed by atoms with E-state index in [4.69, 9.17) is 0 Å². The molecule has 0 aliphatic heterocycles. The largest absolute Gasteiger partial charge is 0.416 e. The zero-order chi connectivity index (χ0) is 19.5. The Kier molecular flexibility index (Phi) is 5.60. The van der Waals surface area contributed by atoms with Gasteiger partial charge in [0, 0.05) is 12.7 Å². The molecule has 5 nitrogen and oxygen atoms in total. The van der Waals surface area contributed by atoms with Crippen molar-refractivity contribution in [2.24, 2.45) is 0 Å². The molecule has 0 saturated heterocycles. The maximum absolute atomic E-state index is 12.9. The third kappa shape index (κ3) is 4.75. The van der Waals surface area contributed by atoms with Gasteiger partial charge in [0.25, 0.3) is 0 Å². The second-order valence-corrected chi connectivity index (χ2v) is 7.51. The first-order valence-electron chi connectivity index (χ1n) is 7.47. The van der Waals surface area contributed by atoms with Crippen molar-refractivity contribution in [2.45, 2.75) is 6.18 Å². The summed E-state index contributed by atoms with van der Waals surface area (Å²) in [6, 6.07) is 12.3. The van der Waals surface area contributed by atoms with Gasteiger partial charge in [0.05, 0.1) is 17.5 Å². The fourth-order valence-corrected chi connectivity index (χ4v) is 3.10. The molecule has 0 aliphatic rings. The monoisotopic (exact) mass is 386 g/mol. The summed E-state index contributed by atoms with van der Waals surface area (Å²) in [5.74, 6) is -0.584. The second kappa shape index (κ2) is 7.36. The van der Waals surface area contributed by atoms with E-state index in [0.717, 1.165) is 18.4 Å². The zero-order valence-corrected chi connectivity index (χ0v) is 14.9. The number of anilines is 2. The van der Waals surface area contributed by atoms with Crippen LogP contribution in [-0.2, 0) is 21.0 Å². The minimum Gasteiger partial charge on any atom is -0.314 e. The van der Waals surface area contributed by atoms with Crippen molar-refractivity contribution in [2.75, 3.05) is 29.1 Å². The highest BCUT2D eigenvalue weighted by molar-refractivity contribution is 7.92. The highest BCUT2D eigenvalue weighted by atomic mass is 32.2. The number of sulfonamides is 1. The van der Waals surface area contributed by atoms with Crippen molar-refractivity contribution in [3.8, 4) is 0 Å². The average molecular weight is 386 g/mol. The minimum absolute atomic E-state index is 0.225. The Morgan fingerprint density at radius 2 is 1.58 bits per heavy atom. The van der Waals surface area contributed by atoms with Crippen molar-refractivity contribution in [1.82, 2.24) is 0 Å². The molecular weight excluding hydrogens is 369 g/mol. The number of carbonyl (C=O) groups is 1. The van der Waals surface area contributed by atoms with Gasteiger partial charge in [-0.25, -0.2) is 8.42 Å². The van der Waals surface area contributed by atoms with E-state index in [1.165, 1.54) is 18.0 Å². The topological polar surface area (TPSA) is 57.7 Å². The zero-order valence-electron chi connectivity index (χ0n) is 14.1. The Morgan fingerprint density at radius 3 is 2.12 bits per heavy atom. The highest BCUT2D eigenvalue weighted by Gasteiger charge is 2.32. The predicted octanol–water partition coefficient (Wildman–Crippen LogP) is 3.13. The molecule has 2 aromatic carbocycles. The van der Waals surface area contributed by atoms with Crippen molar-refractivity contribution in [3.05, 3.63) is 60.2 Å². The summed E-state index contributed by atoms with van der Waals surface area (Å²) in [6.07, 6.45) is -3.78. The summed E-state index contributed by atoms with van der Waals surface area (Å²) >= 11 is 0. The van der Waals surface area contributed by atoms with Gasteiger partial charge in [0.1, 0.15) is 6.54 Å². The molecule has 0 bridgehead atoms. The Balaban J connectivity index is 2.34. The van der Waals surface area contributed by atoms with Crippen LogP contribution in [0.3, 0.4) is 0 Å². The molecule has 26 heavy (non-hydrogen) atoms. The number of nitrogens with zero attached hydrogens (tertiary/aromatic N) is 2. The first-order chi connectivity index (χ1) is 12.0. The molecule has 0 atom stereocenters. The lowest BCUT2D eigenvalue weighted by atomic mass is 10.2. The minimum atomic E-state index is -4.62. The molecule has 0 radical (unpaired) electrons. The van der Waals surface area contributed by atoms with Gasteiger partial charge in [-0.1, -0.05) is 24.3 Å². The van der Waals surface area contributed by atoms with Crippen LogP contribution in [-0.4, -0.2) is 34.2 Å². The van der Waals surface area contributed by atoms with Crippen molar-refractivity contribution in [1.29, 1.82) is 0 Å². The summed E-state index contributed by atoms with van der Waals surface area (Å²) in [5, 5.41) is 0. The van der Waals surface area contributed by atoms with E-state index >= 15 is 0 Å². The first-order valence-corrected chi connectivity index (χ1v) is 9.31. The third-order valence-corrected chi connectivity index (χ3v) is 4.80. The van der Waals surface area contributed by atoms with E-state index < -0.39 is 34.2 Å². The predicted molar refractivity (Wildman–Crippen MR) is 93.5 cm³/mol. The Labute approximate surface area is 149 Å². The first kappa shape index (κ1) is 19.8. The molecule has 140 valence electrons. The molecule has 0 fully saturated rings. The Morgan fingerprint density at radius 1 is 1.00 bits per heavy atom. The molecule has 9 heteroatoms. The smallest absolute Gasteiger partial charge is 0.314 e. The van der Waals surface area contributed by atoms with Crippen LogP contribution < -0.4 is 9.21 Å². The standard InChI is InChI=1S/C17H17F3N2O3S/c1-21(14-8-4-3-5-9-14)16(23)12-22(26(2,24)25)15-10-6-7-13(11-15)17(18,19)20/h3-11H,12H2,1-2H3. The van der Waals surface area contributed by atoms with Crippen LogP contribution >= 0.6 is 0 Å². The summed E-state index contributed by atoms with van der Waals surface area (Å²) in [4.78, 5) is 13.7. The molecule has 2 rings (SSSR count). The quantitative estimate of drug-likeness (QED) is 0.793. The van der Waals surface area contributed by atoms with Gasteiger partial charge in [-0.2, -0.15) is 13.2 Å². The van der Waals surface area contributed by atoms with E-state index in [-0.39, 0.29) is 5.69 Å². The molecule has 0 aliphatic carbocycles. The summed E-state index contributed by atoms with van der Waals surface area (Å²) in [6.45, 7) is -0.620. The summed E-state index contributed by atoms with van der Waals surface area (Å²) in [7, 11) is -2.51. The van der Waals surface area contributed by atoms with Crippen LogP contribution in [0.15, 0.2) is 54.6 Å². The van der Waals surface area contributed by atoms with Gasteiger partial charge >= 0.3 is 6.18 Å². The van der Waals surface area contributed by atoms with Gasteiger partial charge in [-0.15, -0.1) is 0 Å². The molecule has 2 aromatic rings. The van der Waals surface area contributed by atoms with E-state index in [1.54, 1.807) is 30.3 Å². The van der Waals surface area contributed by atoms with Gasteiger partial charge in [0.2, 0.25) is 15.9 Å². The van der Waals surface area contributed by atoms with Crippen LogP contribution in [0.4, 0.5) is 24.5 Å². The lowest BCUT2D eigenvalue weighted by Gasteiger charge is -2.25. The molecule has 0 heterocycles. The lowest BCUT2D eigenvalue weighted by molar-refractivity contribution is -0.137. The van der Waals surface area contributed by atoms with Crippen molar-refractivity contribution < 1.29 is 26.4 Å². The van der Waals surface area contributed by atoms with Crippen LogP contribution in [0.1, 0.15) is 5.56 Å². The molecule has 0 spiro atoms. The number of hydrogen-bond donors (Lipinski definition) is 0. The Hall–Kier alpha value is -2.55. The van der Waals surface area contributed by atoms with E-state index in [1.807, 2.05) is 0 Å². The third-order valence-electron chi connectivity index (χ3n) is 3.66. The normalized spacial score (nSPS) is 11.9. The van der Waals surface area contributed by atoms with Crippen LogP contribution in [0, 0.1) is 0 Å². The summed E-state index contributed by atoms with van der Waals surface area (Å²) in [5.41, 5.74) is -0.681. The van der Waals surface area contributed by atoms with Gasteiger partial charge in [0.15, 0.2) is 0 Å². The van der Waals surface area contributed by atoms with E-state index in [2.05, 4.69) is 0 Å². The molecule has 0 unspecified atom stereocenters. The number of carbonyl (C=O) groups excluding carboxylic acids is 1. The Bertz CT molecular complexity index is 884. The van der Waals surface area contributed by atoms with Crippen molar-refractivity contribution >= 4 is 27.3 Å². The maximum atomic E-state index is 12.9. The van der Waals surface area contributed by atoms with Crippen LogP contribution in [0.2, 0.25) is 0 Å². The van der Waals surface area contributed by atoms with E-state index in [0.29, 0.717) is 16.1 Å². The molecule has 0 saturated carbocycles. The van der Waals surface area contributed by atoms with Crippen molar-refractivity contribution in [3.63, 3.8) is 0 Å². The van der Waals surface area contributed by atoms with Gasteiger partial charge < -0.3 is 4.90 Å². The fraction of sp³-hybridized carbons (Fsp3) is 0.235. The number of hydrogen-bond acceptors (Lipinski definition) is 3. The average Bonchev–Trinajstić information content (AvgIpc) is 2.58. The highest BCUT2D eigenvalue weighted by Crippen LogP contribution is 2.32. The molecule has 0 aromatic heterocycles. The number of halogens is 3.